The fourth-order valence-electron chi connectivity index (χ4n) is 4.85. The average Bonchev–Trinajstić information content (AvgIpc) is 2.80. The molecule has 2 aliphatic rings. The van der Waals surface area contributed by atoms with E-state index in [-0.39, 0.29) is 23.8 Å². The first-order valence-corrected chi connectivity index (χ1v) is 14.0. The van der Waals surface area contributed by atoms with Gasteiger partial charge in [0.25, 0.3) is 5.92 Å². The van der Waals surface area contributed by atoms with Crippen molar-refractivity contribution in [3.63, 3.8) is 0 Å². The Morgan fingerprint density at radius 3 is 2.76 bits per heavy atom. The molecule has 3 heterocycles. The molecule has 0 fully saturated rings. The van der Waals surface area contributed by atoms with Crippen LogP contribution < -0.4 is 10.6 Å². The molecule has 0 radical (unpaired) electrons. The standard InChI is InChI=1S/C25H26F2N8OS/c1-35-13-16-10-18(9-15-7-8-25(26,27)19(14-35)22(15)16)30-24-29-12-17(11-28)23(33-24)32-20-5-4-6-21(31-20)34-37(2,3)36/h4-6,9-10,12,19H,7-8,13-14H2,1-3H3,(H2,29,30,31,32,33). The third kappa shape index (κ3) is 5.38. The summed E-state index contributed by atoms with van der Waals surface area (Å²) in [5.41, 5.74) is 3.46. The lowest BCUT2D eigenvalue weighted by molar-refractivity contribution is -0.0534. The molecule has 0 spiro atoms. The third-order valence-electron chi connectivity index (χ3n) is 6.33. The van der Waals surface area contributed by atoms with Crippen molar-refractivity contribution >= 4 is 38.8 Å². The van der Waals surface area contributed by atoms with E-state index in [9.17, 15) is 18.3 Å². The fourth-order valence-corrected chi connectivity index (χ4v) is 5.41. The normalized spacial score (nSPS) is 18.4. The van der Waals surface area contributed by atoms with Crippen molar-refractivity contribution in [2.75, 3.05) is 36.7 Å². The van der Waals surface area contributed by atoms with Crippen LogP contribution in [0.2, 0.25) is 0 Å². The van der Waals surface area contributed by atoms with Crippen LogP contribution in [0.3, 0.4) is 0 Å². The number of benzene rings is 1. The molecule has 12 heteroatoms. The number of hydrogen-bond acceptors (Lipinski definition) is 9. The minimum Gasteiger partial charge on any atom is -0.324 e. The molecule has 1 aromatic carbocycles. The second-order valence-electron chi connectivity index (χ2n) is 9.69. The van der Waals surface area contributed by atoms with E-state index in [1.165, 1.54) is 18.7 Å². The Balaban J connectivity index is 1.45. The smallest absolute Gasteiger partial charge is 0.256 e. The molecule has 0 bridgehead atoms. The van der Waals surface area contributed by atoms with Gasteiger partial charge in [-0.3, -0.25) is 0 Å². The lowest BCUT2D eigenvalue weighted by Gasteiger charge is -2.41. The predicted octanol–water partition coefficient (Wildman–Crippen LogP) is 4.70. The number of nitrogens with one attached hydrogen (secondary N) is 2. The number of nitriles is 1. The summed E-state index contributed by atoms with van der Waals surface area (Å²) in [5, 5.41) is 15.7. The van der Waals surface area contributed by atoms with E-state index in [0.717, 1.165) is 16.7 Å². The zero-order valence-corrected chi connectivity index (χ0v) is 21.4. The van der Waals surface area contributed by atoms with Gasteiger partial charge >= 0.3 is 0 Å². The minimum atomic E-state index is -2.72. The number of rotatable bonds is 5. The van der Waals surface area contributed by atoms with Crippen LogP contribution in [0.1, 0.15) is 34.6 Å². The van der Waals surface area contributed by atoms with Crippen LogP contribution in [0.25, 0.3) is 0 Å². The maximum absolute atomic E-state index is 14.7. The molecule has 9 nitrogen and oxygen atoms in total. The fraction of sp³-hybridized carbons (Fsp3) is 0.360. The first-order chi connectivity index (χ1) is 17.5. The number of hydrogen-bond donors (Lipinski definition) is 2. The number of pyridine rings is 1. The Labute approximate surface area is 214 Å². The summed E-state index contributed by atoms with van der Waals surface area (Å²) in [6, 6.07) is 10.8. The number of aryl methyl sites for hydroxylation is 1. The zero-order chi connectivity index (χ0) is 26.4. The summed E-state index contributed by atoms with van der Waals surface area (Å²) in [7, 11) is -0.539. The van der Waals surface area contributed by atoms with Gasteiger partial charge in [0.15, 0.2) is 11.6 Å². The topological polar surface area (TPSA) is 119 Å². The Bertz CT molecular complexity index is 1540. The van der Waals surface area contributed by atoms with Crippen molar-refractivity contribution in [3.8, 4) is 6.07 Å². The zero-order valence-electron chi connectivity index (χ0n) is 20.6. The van der Waals surface area contributed by atoms with E-state index >= 15 is 0 Å². The van der Waals surface area contributed by atoms with E-state index in [1.807, 2.05) is 24.1 Å². The number of alkyl halides is 2. The van der Waals surface area contributed by atoms with E-state index < -0.39 is 21.6 Å². The molecule has 0 amide bonds. The molecule has 2 aromatic heterocycles. The van der Waals surface area contributed by atoms with Gasteiger partial charge in [-0.2, -0.15) is 14.6 Å². The average molecular weight is 525 g/mol. The minimum absolute atomic E-state index is 0.174. The van der Waals surface area contributed by atoms with Gasteiger partial charge in [-0.15, -0.1) is 0 Å². The molecular formula is C25H26F2N8OS. The highest BCUT2D eigenvalue weighted by Gasteiger charge is 2.47. The lowest BCUT2D eigenvalue weighted by atomic mass is 9.75. The monoisotopic (exact) mass is 524 g/mol. The molecule has 1 unspecified atom stereocenters. The molecule has 3 aromatic rings. The number of nitrogens with zero attached hydrogens (tertiary/aromatic N) is 6. The maximum atomic E-state index is 14.7. The molecule has 1 aliphatic carbocycles. The van der Waals surface area contributed by atoms with Gasteiger partial charge in [0.1, 0.15) is 17.5 Å². The van der Waals surface area contributed by atoms with Crippen LogP contribution in [0, 0.1) is 11.3 Å². The molecule has 0 saturated carbocycles. The van der Waals surface area contributed by atoms with Gasteiger partial charge in [0.05, 0.1) is 12.1 Å². The van der Waals surface area contributed by atoms with Crippen molar-refractivity contribution in [2.24, 2.45) is 4.36 Å². The largest absolute Gasteiger partial charge is 0.324 e. The highest BCUT2D eigenvalue weighted by Crippen LogP contribution is 2.48. The number of aromatic nitrogens is 3. The van der Waals surface area contributed by atoms with Crippen LogP contribution in [0.5, 0.6) is 0 Å². The van der Waals surface area contributed by atoms with Crippen molar-refractivity contribution in [3.05, 3.63) is 58.8 Å². The Kier molecular flexibility index (Phi) is 6.29. The van der Waals surface area contributed by atoms with Crippen molar-refractivity contribution in [1.82, 2.24) is 19.9 Å². The Morgan fingerprint density at radius 1 is 1.22 bits per heavy atom. The summed E-state index contributed by atoms with van der Waals surface area (Å²) in [6.07, 6.45) is 4.56. The summed E-state index contributed by atoms with van der Waals surface area (Å²) in [5.74, 6) is -2.38. The highest BCUT2D eigenvalue weighted by atomic mass is 32.2. The third-order valence-corrected chi connectivity index (χ3v) is 6.96. The molecule has 2 N–H and O–H groups in total. The molecule has 5 rings (SSSR count). The van der Waals surface area contributed by atoms with Gasteiger partial charge < -0.3 is 15.5 Å². The summed E-state index contributed by atoms with van der Waals surface area (Å²) in [6.45, 7) is 0.921. The first-order valence-electron chi connectivity index (χ1n) is 11.7. The van der Waals surface area contributed by atoms with Crippen LogP contribution in [0.15, 0.2) is 40.9 Å². The van der Waals surface area contributed by atoms with Gasteiger partial charge in [-0.1, -0.05) is 6.07 Å². The number of halogens is 2. The number of anilines is 4. The van der Waals surface area contributed by atoms with E-state index in [0.29, 0.717) is 36.8 Å². The summed E-state index contributed by atoms with van der Waals surface area (Å²) < 4.78 is 45.4. The van der Waals surface area contributed by atoms with Crippen LogP contribution >= 0.6 is 0 Å². The van der Waals surface area contributed by atoms with Crippen molar-refractivity contribution in [2.45, 2.75) is 31.2 Å². The lowest BCUT2D eigenvalue weighted by Crippen LogP contribution is -2.43. The van der Waals surface area contributed by atoms with Gasteiger partial charge in [0, 0.05) is 47.4 Å². The highest BCUT2D eigenvalue weighted by molar-refractivity contribution is 7.92. The van der Waals surface area contributed by atoms with Crippen LogP contribution in [-0.4, -0.2) is 56.1 Å². The van der Waals surface area contributed by atoms with Crippen LogP contribution in [0.4, 0.5) is 37.9 Å². The maximum Gasteiger partial charge on any atom is 0.256 e. The van der Waals surface area contributed by atoms with E-state index in [4.69, 9.17) is 0 Å². The van der Waals surface area contributed by atoms with Gasteiger partial charge in [0.2, 0.25) is 5.95 Å². The predicted molar refractivity (Wildman–Crippen MR) is 138 cm³/mol. The Morgan fingerprint density at radius 2 is 2.00 bits per heavy atom. The van der Waals surface area contributed by atoms with Crippen molar-refractivity contribution in [1.29, 1.82) is 5.26 Å². The van der Waals surface area contributed by atoms with E-state index in [2.05, 4.69) is 36.0 Å². The molecule has 1 aliphatic heterocycles. The Hall–Kier alpha value is -3.69. The molecule has 37 heavy (non-hydrogen) atoms. The molecular weight excluding hydrogens is 498 g/mol. The summed E-state index contributed by atoms with van der Waals surface area (Å²) >= 11 is 0. The van der Waals surface area contributed by atoms with Crippen LogP contribution in [-0.2, 0) is 22.7 Å². The first kappa shape index (κ1) is 25.0. The second kappa shape index (κ2) is 9.32. The van der Waals surface area contributed by atoms with Crippen molar-refractivity contribution < 1.29 is 13.0 Å². The molecule has 192 valence electrons. The van der Waals surface area contributed by atoms with Gasteiger partial charge in [-0.05, 0) is 54.4 Å². The number of likely N-dealkylation sites (N-methyl/N-ethyl adjacent to an activating group) is 1. The van der Waals surface area contributed by atoms with E-state index in [1.54, 1.807) is 18.2 Å². The SMILES string of the molecule is CN1Cc2cc(Nc3ncc(C#N)c(Nc4cccc(N=S(C)(C)=O)n4)n3)cc3c2C(C1)C(F)(F)CC3. The summed E-state index contributed by atoms with van der Waals surface area (Å²) in [4.78, 5) is 15.0. The second-order valence-corrected chi connectivity index (χ2v) is 12.2. The quantitative estimate of drug-likeness (QED) is 0.493. The van der Waals surface area contributed by atoms with Gasteiger partial charge in [-0.25, -0.2) is 23.0 Å². The molecule has 1 atom stereocenters. The molecule has 0 saturated heterocycles.